The van der Waals surface area contributed by atoms with Gasteiger partial charge < -0.3 is 15.1 Å². The van der Waals surface area contributed by atoms with Crippen LogP contribution in [0.15, 0.2) is 36.5 Å². The van der Waals surface area contributed by atoms with E-state index in [1.165, 1.54) is 11.1 Å². The minimum Gasteiger partial charge on any atom is -0.618 e. The fourth-order valence-corrected chi connectivity index (χ4v) is 5.95. The minimum absolute atomic E-state index is 0.0934. The Morgan fingerprint density at radius 1 is 1.09 bits per heavy atom. The fourth-order valence-electron chi connectivity index (χ4n) is 5.76. The first-order chi connectivity index (χ1) is 16.9. The lowest BCUT2D eigenvalue weighted by molar-refractivity contribution is -0.617. The standard InChI is InChI=1S/C26H30ClN3O5/c27-19-10-11-21-18(15-19)9-8-17-5-4-12-30(34)23(17)24(21)28-13-14-29(22(16-28)25(31)32)26(33)35-20-6-2-1-3-7-20/h4-5,10-12,15,20,22,24H,1-3,6-9,13-14,16H2,(H,31,32)/t22-,24+/m1/s1. The molecule has 1 aromatic heterocycles. The second-order valence-electron chi connectivity index (χ2n) is 9.68. The van der Waals surface area contributed by atoms with E-state index in [1.54, 1.807) is 6.07 Å². The summed E-state index contributed by atoms with van der Waals surface area (Å²) in [5.74, 6) is -1.08. The van der Waals surface area contributed by atoms with Crippen LogP contribution in [0.5, 0.6) is 0 Å². The van der Waals surface area contributed by atoms with Crippen LogP contribution in [0.2, 0.25) is 5.02 Å². The van der Waals surface area contributed by atoms with Crippen molar-refractivity contribution in [2.75, 3.05) is 19.6 Å². The number of benzene rings is 1. The lowest BCUT2D eigenvalue weighted by atomic mass is 9.95. The van der Waals surface area contributed by atoms with Gasteiger partial charge in [-0.2, -0.15) is 4.73 Å². The Hall–Kier alpha value is -2.84. The number of carboxylic acids is 1. The molecule has 1 N–H and O–H groups in total. The van der Waals surface area contributed by atoms with Crippen molar-refractivity contribution in [2.45, 2.75) is 63.1 Å². The van der Waals surface area contributed by atoms with Crippen molar-refractivity contribution in [3.63, 3.8) is 0 Å². The summed E-state index contributed by atoms with van der Waals surface area (Å²) in [6.07, 6.45) is 7.04. The number of aromatic nitrogens is 1. The molecule has 1 saturated heterocycles. The number of amides is 1. The van der Waals surface area contributed by atoms with Gasteiger partial charge in [-0.15, -0.1) is 0 Å². The van der Waals surface area contributed by atoms with E-state index in [4.69, 9.17) is 16.3 Å². The van der Waals surface area contributed by atoms with Gasteiger partial charge in [0.25, 0.3) is 0 Å². The van der Waals surface area contributed by atoms with Crippen LogP contribution in [-0.4, -0.2) is 58.7 Å². The molecule has 2 aromatic rings. The van der Waals surface area contributed by atoms with Gasteiger partial charge in [0.1, 0.15) is 18.2 Å². The lowest BCUT2D eigenvalue weighted by Crippen LogP contribution is -2.60. The number of hydrogen-bond acceptors (Lipinski definition) is 5. The fraction of sp³-hybridized carbons (Fsp3) is 0.500. The van der Waals surface area contributed by atoms with Crippen LogP contribution in [0.1, 0.15) is 60.5 Å². The monoisotopic (exact) mass is 499 g/mol. The summed E-state index contributed by atoms with van der Waals surface area (Å²) in [5, 5.41) is 23.7. The number of fused-ring (bicyclic) bond motifs is 2. The van der Waals surface area contributed by atoms with E-state index in [2.05, 4.69) is 0 Å². The second-order valence-corrected chi connectivity index (χ2v) is 10.1. The SMILES string of the molecule is O=C(O)[C@H]1CN([C@H]2c3ccc(Cl)cc3CCc3ccc[n+]([O-])c32)CCN1C(=O)OC1CCCCC1. The molecule has 0 spiro atoms. The first kappa shape index (κ1) is 23.9. The van der Waals surface area contributed by atoms with E-state index >= 15 is 0 Å². The van der Waals surface area contributed by atoms with Crippen LogP contribution in [0, 0.1) is 5.21 Å². The molecule has 3 aliphatic rings. The zero-order chi connectivity index (χ0) is 24.5. The molecular formula is C26H30ClN3O5. The maximum absolute atomic E-state index is 13.0. The highest BCUT2D eigenvalue weighted by Crippen LogP contribution is 2.37. The molecule has 0 radical (unpaired) electrons. The summed E-state index contributed by atoms with van der Waals surface area (Å²) < 4.78 is 6.59. The van der Waals surface area contributed by atoms with Crippen LogP contribution in [-0.2, 0) is 22.4 Å². The molecule has 0 bridgehead atoms. The number of aliphatic carboxylic acids is 1. The van der Waals surface area contributed by atoms with Crippen molar-refractivity contribution in [1.29, 1.82) is 0 Å². The van der Waals surface area contributed by atoms with E-state index in [9.17, 15) is 19.9 Å². The topological polar surface area (TPSA) is 97.0 Å². The van der Waals surface area contributed by atoms with Gasteiger partial charge in [-0.25, -0.2) is 9.59 Å². The number of rotatable bonds is 3. The number of carbonyl (C=O) groups excluding carboxylic acids is 1. The van der Waals surface area contributed by atoms with Gasteiger partial charge in [0.2, 0.25) is 5.69 Å². The Morgan fingerprint density at radius 3 is 2.63 bits per heavy atom. The van der Waals surface area contributed by atoms with Crippen molar-refractivity contribution in [3.8, 4) is 0 Å². The zero-order valence-corrected chi connectivity index (χ0v) is 20.3. The van der Waals surface area contributed by atoms with Crippen molar-refractivity contribution >= 4 is 23.7 Å². The summed E-state index contributed by atoms with van der Waals surface area (Å²) in [6.45, 7) is 0.726. The van der Waals surface area contributed by atoms with Gasteiger partial charge >= 0.3 is 12.1 Å². The molecule has 35 heavy (non-hydrogen) atoms. The Kier molecular flexibility index (Phi) is 6.84. The maximum atomic E-state index is 13.0. The van der Waals surface area contributed by atoms with Gasteiger partial charge in [0.05, 0.1) is 0 Å². The molecule has 186 valence electrons. The third-order valence-corrected chi connectivity index (χ3v) is 7.76. The Morgan fingerprint density at radius 2 is 1.86 bits per heavy atom. The second kappa shape index (κ2) is 10.0. The smallest absolute Gasteiger partial charge is 0.410 e. The number of carbonyl (C=O) groups is 2. The summed E-state index contributed by atoms with van der Waals surface area (Å²) in [5.41, 5.74) is 3.54. The largest absolute Gasteiger partial charge is 0.618 e. The van der Waals surface area contributed by atoms with Crippen molar-refractivity contribution in [1.82, 2.24) is 9.80 Å². The average Bonchev–Trinajstić information content (AvgIpc) is 3.01. The molecule has 2 fully saturated rings. The summed E-state index contributed by atoms with van der Waals surface area (Å²) in [6, 6.07) is 7.87. The number of nitrogens with zero attached hydrogens (tertiary/aromatic N) is 3. The Balaban J connectivity index is 1.45. The number of carboxylic acid groups (broad SMARTS) is 1. The minimum atomic E-state index is -1.08. The number of piperazine rings is 1. The molecule has 1 aromatic carbocycles. The molecule has 2 aliphatic carbocycles. The van der Waals surface area contributed by atoms with Gasteiger partial charge in [0, 0.05) is 36.3 Å². The molecule has 2 heterocycles. The van der Waals surface area contributed by atoms with E-state index in [0.717, 1.165) is 59.9 Å². The van der Waals surface area contributed by atoms with Crippen molar-refractivity contribution in [3.05, 3.63) is 69.1 Å². The quantitative estimate of drug-likeness (QED) is 0.511. The molecule has 0 unspecified atom stereocenters. The maximum Gasteiger partial charge on any atom is 0.410 e. The molecular weight excluding hydrogens is 470 g/mol. The van der Waals surface area contributed by atoms with E-state index in [1.807, 2.05) is 29.2 Å². The molecule has 1 aliphatic heterocycles. The van der Waals surface area contributed by atoms with Crippen LogP contribution >= 0.6 is 11.6 Å². The normalized spacial score (nSPS) is 23.2. The van der Waals surface area contributed by atoms with E-state index < -0.39 is 24.1 Å². The molecule has 5 rings (SSSR count). The molecule has 8 nitrogen and oxygen atoms in total. The summed E-state index contributed by atoms with van der Waals surface area (Å²) in [7, 11) is 0. The average molecular weight is 500 g/mol. The zero-order valence-electron chi connectivity index (χ0n) is 19.6. The summed E-state index contributed by atoms with van der Waals surface area (Å²) >= 11 is 6.29. The molecule has 1 saturated carbocycles. The summed E-state index contributed by atoms with van der Waals surface area (Å²) in [4.78, 5) is 28.6. The predicted molar refractivity (Wildman–Crippen MR) is 129 cm³/mol. The van der Waals surface area contributed by atoms with E-state index in [-0.39, 0.29) is 19.2 Å². The third-order valence-electron chi connectivity index (χ3n) is 7.52. The van der Waals surface area contributed by atoms with Crippen LogP contribution in [0.3, 0.4) is 0 Å². The van der Waals surface area contributed by atoms with Gasteiger partial charge in [-0.3, -0.25) is 9.80 Å². The number of hydrogen-bond donors (Lipinski definition) is 1. The van der Waals surface area contributed by atoms with Crippen LogP contribution in [0.4, 0.5) is 4.79 Å². The van der Waals surface area contributed by atoms with Crippen molar-refractivity contribution in [2.24, 2.45) is 0 Å². The molecule has 2 atom stereocenters. The number of halogens is 1. The van der Waals surface area contributed by atoms with Gasteiger partial charge in [-0.1, -0.05) is 24.1 Å². The highest BCUT2D eigenvalue weighted by molar-refractivity contribution is 6.30. The van der Waals surface area contributed by atoms with Gasteiger partial charge in [0.15, 0.2) is 6.20 Å². The van der Waals surface area contributed by atoms with Crippen molar-refractivity contribution < 1.29 is 24.2 Å². The Bertz CT molecular complexity index is 1120. The third kappa shape index (κ3) is 4.82. The highest BCUT2D eigenvalue weighted by atomic mass is 35.5. The number of ether oxygens (including phenoxy) is 1. The Labute approximate surface area is 209 Å². The highest BCUT2D eigenvalue weighted by Gasteiger charge is 2.43. The lowest BCUT2D eigenvalue weighted by Gasteiger charge is -2.42. The number of pyridine rings is 1. The van der Waals surface area contributed by atoms with E-state index in [0.29, 0.717) is 23.7 Å². The number of aryl methyl sites for hydroxylation is 2. The molecule has 9 heteroatoms. The molecule has 1 amide bonds. The van der Waals surface area contributed by atoms with Gasteiger partial charge in [-0.05, 0) is 67.9 Å². The van der Waals surface area contributed by atoms with Crippen LogP contribution < -0.4 is 4.73 Å². The first-order valence-electron chi connectivity index (χ1n) is 12.4. The van der Waals surface area contributed by atoms with Crippen LogP contribution in [0.25, 0.3) is 0 Å². The predicted octanol–water partition coefficient (Wildman–Crippen LogP) is 3.70. The first-order valence-corrected chi connectivity index (χ1v) is 12.7.